The SMILES string of the molecule is C/C1=C/C=C/[C@H](C)C[C@@H](C)[C@@H](O)[C@@H](C)[C@H](OC(=O)C(C)(C)C(N)=O)[C@H](C)C/C=C/C[C@@]2(C)Oc3c(C)c(O)c4c(O)c(c5c(c4c3C2=O)=NC2(CCN(CC(C)C)CC2)N=5)NC1=O.CO. The normalized spacial score (nSPS) is 29.1. The van der Waals surface area contributed by atoms with Crippen LogP contribution in [0.1, 0.15) is 117 Å². The van der Waals surface area contributed by atoms with Gasteiger partial charge in [-0.05, 0) is 71.1 Å². The number of Topliss-reactive ketones (excluding diaryl/α,β-unsaturated/α-hetero) is 1. The summed E-state index contributed by atoms with van der Waals surface area (Å²) >= 11 is 0. The van der Waals surface area contributed by atoms with Crippen LogP contribution in [-0.2, 0) is 19.1 Å². The highest BCUT2D eigenvalue weighted by atomic mass is 16.5. The van der Waals surface area contributed by atoms with Crippen LogP contribution in [0, 0.1) is 41.9 Å². The lowest BCUT2D eigenvalue weighted by molar-refractivity contribution is -0.171. The smallest absolute Gasteiger partial charge is 0.321 e. The molecule has 5 bridgehead atoms. The predicted molar refractivity (Wildman–Crippen MR) is 249 cm³/mol. The van der Waals surface area contributed by atoms with Crippen LogP contribution in [0.4, 0.5) is 5.69 Å². The van der Waals surface area contributed by atoms with Gasteiger partial charge >= 0.3 is 5.97 Å². The third-order valence-corrected chi connectivity index (χ3v) is 13.7. The Kier molecular flexibility index (Phi) is 15.5. The fourth-order valence-electron chi connectivity index (χ4n) is 9.47. The number of rotatable bonds is 5. The second kappa shape index (κ2) is 19.8. The summed E-state index contributed by atoms with van der Waals surface area (Å²) < 4.78 is 12.5. The molecule has 65 heavy (non-hydrogen) atoms. The summed E-state index contributed by atoms with van der Waals surface area (Å²) in [6.45, 7) is 22.2. The third kappa shape index (κ3) is 10.0. The van der Waals surface area contributed by atoms with Crippen LogP contribution in [0.3, 0.4) is 0 Å². The summed E-state index contributed by atoms with van der Waals surface area (Å²) in [6.07, 6.45) is 9.62. The number of aliphatic hydroxyl groups is 2. The zero-order chi connectivity index (χ0) is 48.5. The molecule has 0 unspecified atom stereocenters. The first-order valence-corrected chi connectivity index (χ1v) is 22.9. The number of phenolic OH excluding ortho intramolecular Hbond substituents is 2. The Morgan fingerprint density at radius 3 is 2.25 bits per heavy atom. The van der Waals surface area contributed by atoms with Crippen LogP contribution in [0.5, 0.6) is 17.2 Å². The first-order chi connectivity index (χ1) is 30.4. The minimum Gasteiger partial charge on any atom is -0.507 e. The van der Waals surface area contributed by atoms with Gasteiger partial charge in [0.2, 0.25) is 11.7 Å². The van der Waals surface area contributed by atoms with E-state index < -0.39 is 58.3 Å². The number of ether oxygens (including phenoxy) is 2. The summed E-state index contributed by atoms with van der Waals surface area (Å²) in [6, 6.07) is 0. The number of nitrogens with one attached hydrogen (secondary N) is 1. The number of amides is 2. The highest BCUT2D eigenvalue weighted by molar-refractivity contribution is 6.20. The van der Waals surface area contributed by atoms with E-state index in [1.807, 2.05) is 45.9 Å². The molecule has 1 saturated heterocycles. The van der Waals surface area contributed by atoms with Crippen LogP contribution >= 0.6 is 0 Å². The van der Waals surface area contributed by atoms with Crippen molar-refractivity contribution in [1.29, 1.82) is 0 Å². The van der Waals surface area contributed by atoms with E-state index in [1.165, 1.54) is 13.8 Å². The topological polar surface area (TPSA) is 234 Å². The average molecular weight is 902 g/mol. The number of nitrogens with two attached hydrogens (primary N) is 1. The third-order valence-electron chi connectivity index (χ3n) is 13.7. The molecule has 1 spiro atoms. The van der Waals surface area contributed by atoms with Gasteiger partial charge in [-0.1, -0.05) is 71.9 Å². The van der Waals surface area contributed by atoms with Crippen LogP contribution in [0.15, 0.2) is 45.9 Å². The second-order valence-corrected chi connectivity index (χ2v) is 19.9. The zero-order valence-electron chi connectivity index (χ0n) is 40.2. The lowest BCUT2D eigenvalue weighted by atomic mass is 9.80. The fraction of sp³-hybridized carbons (Fsp3) is 0.600. The minimum absolute atomic E-state index is 0.00669. The molecule has 7 N–H and O–H groups in total. The van der Waals surface area contributed by atoms with Crippen molar-refractivity contribution in [3.8, 4) is 17.2 Å². The van der Waals surface area contributed by atoms with Gasteiger partial charge in [0.15, 0.2) is 17.0 Å². The van der Waals surface area contributed by atoms with Gasteiger partial charge in [0.25, 0.3) is 5.91 Å². The first-order valence-electron chi connectivity index (χ1n) is 22.9. The van der Waals surface area contributed by atoms with Crippen molar-refractivity contribution in [3.05, 3.63) is 57.8 Å². The number of aromatic hydroxyl groups is 2. The minimum atomic E-state index is -1.60. The molecule has 5 aliphatic heterocycles. The number of nitrogens with zero attached hydrogens (tertiary/aromatic N) is 3. The molecule has 1 fully saturated rings. The van der Waals surface area contributed by atoms with E-state index in [1.54, 1.807) is 32.9 Å². The van der Waals surface area contributed by atoms with Gasteiger partial charge < -0.3 is 45.9 Å². The summed E-state index contributed by atoms with van der Waals surface area (Å²) in [7, 11) is 1.00. The molecule has 5 aliphatic rings. The van der Waals surface area contributed by atoms with Crippen LogP contribution in [0.2, 0.25) is 0 Å². The van der Waals surface area contributed by atoms with Crippen molar-refractivity contribution in [2.24, 2.45) is 50.7 Å². The predicted octanol–water partition coefficient (Wildman–Crippen LogP) is 5.71. The number of likely N-dealkylation sites (tertiary alicyclic amines) is 1. The summed E-state index contributed by atoms with van der Waals surface area (Å²) in [5, 5.41) is 46.4. The Labute approximate surface area is 382 Å². The van der Waals surface area contributed by atoms with Crippen molar-refractivity contribution < 1.29 is 49.1 Å². The van der Waals surface area contributed by atoms with E-state index in [9.17, 15) is 34.5 Å². The van der Waals surface area contributed by atoms with Crippen molar-refractivity contribution in [3.63, 3.8) is 0 Å². The highest BCUT2D eigenvalue weighted by Gasteiger charge is 2.48. The number of primary amides is 1. The number of anilines is 1. The molecule has 0 aliphatic carbocycles. The number of aliphatic hydroxyl groups excluding tert-OH is 2. The van der Waals surface area contributed by atoms with Crippen molar-refractivity contribution in [1.82, 2.24) is 4.90 Å². The van der Waals surface area contributed by atoms with Gasteiger partial charge in [0, 0.05) is 68.4 Å². The van der Waals surface area contributed by atoms with Gasteiger partial charge in [0.1, 0.15) is 34.1 Å². The number of fused-ring (bicyclic) bond motifs is 13. The average Bonchev–Trinajstić information content (AvgIpc) is 3.75. The van der Waals surface area contributed by atoms with E-state index in [2.05, 4.69) is 24.1 Å². The molecule has 7 rings (SSSR count). The van der Waals surface area contributed by atoms with Gasteiger partial charge in [-0.15, -0.1) is 0 Å². The van der Waals surface area contributed by atoms with Crippen LogP contribution in [-0.4, -0.2) is 99.1 Å². The van der Waals surface area contributed by atoms with Crippen molar-refractivity contribution >= 4 is 40.0 Å². The lowest BCUT2D eigenvalue weighted by Gasteiger charge is -2.36. The summed E-state index contributed by atoms with van der Waals surface area (Å²) in [5.74, 6) is -3.70. The summed E-state index contributed by atoms with van der Waals surface area (Å²) in [5.41, 5.74) is 2.40. The Hall–Kier alpha value is -5.12. The van der Waals surface area contributed by atoms with Gasteiger partial charge in [0.05, 0.1) is 22.4 Å². The molecule has 2 amide bonds. The number of ketones is 1. The van der Waals surface area contributed by atoms with Crippen LogP contribution in [0.25, 0.3) is 10.8 Å². The maximum absolute atomic E-state index is 14.8. The first kappa shape index (κ1) is 50.9. The number of phenols is 2. The number of hydrogen-bond donors (Lipinski definition) is 6. The number of hydrogen-bond acceptors (Lipinski definition) is 13. The zero-order valence-corrected chi connectivity index (χ0v) is 40.2. The molecule has 15 heteroatoms. The van der Waals surface area contributed by atoms with Crippen molar-refractivity contribution in [2.45, 2.75) is 132 Å². The van der Waals surface area contributed by atoms with E-state index >= 15 is 0 Å². The van der Waals surface area contributed by atoms with E-state index in [4.69, 9.17) is 30.3 Å². The molecule has 5 heterocycles. The molecule has 0 aromatic heterocycles. The van der Waals surface area contributed by atoms with Gasteiger partial charge in [-0.3, -0.25) is 29.2 Å². The van der Waals surface area contributed by atoms with E-state index in [-0.39, 0.29) is 74.4 Å². The standard InChI is InChI=1S/C49H67N5O9.CH4O/c1-25(2)24-54-21-19-49(20-22-54)52-35-32-33-39(56)31(8)42-34(32)43(58)48(11,63-42)18-13-12-16-27(4)41(62-46(61)47(9,10)45(50)60)30(7)38(55)29(6)23-26(3)15-14-17-28(5)44(59)51-37(40(33)57)36(35)53-49;1-2/h12-15,17,25-27,29-30,38,41,55-57H,16,18-24H2,1-11H3,(H2,50,60)(H,51,59);2H,1H3/b13-12+,15-14+,28-17-;/t26-,27+,29+,30+,38+,41+,48+;/m0./s1. The highest BCUT2D eigenvalue weighted by Crippen LogP contribution is 2.50. The van der Waals surface area contributed by atoms with Crippen molar-refractivity contribution in [2.75, 3.05) is 32.1 Å². The molecular formula is C50H71N5O10. The number of carbonyl (C=O) groups is 4. The number of benzene rings is 2. The maximum atomic E-state index is 14.8. The Balaban J connectivity index is 0.00000391. The number of esters is 1. The molecule has 0 saturated carbocycles. The molecule has 0 radical (unpaired) electrons. The maximum Gasteiger partial charge on any atom is 0.321 e. The Morgan fingerprint density at radius 2 is 1.63 bits per heavy atom. The molecular weight excluding hydrogens is 831 g/mol. The molecule has 2 aromatic rings. The molecule has 15 nitrogen and oxygen atoms in total. The number of allylic oxidation sites excluding steroid dienone is 4. The van der Waals surface area contributed by atoms with Gasteiger partial charge in [-0.25, -0.2) is 0 Å². The number of piperidine rings is 1. The lowest BCUT2D eigenvalue weighted by Crippen LogP contribution is -2.46. The van der Waals surface area contributed by atoms with Crippen LogP contribution < -0.4 is 26.5 Å². The largest absolute Gasteiger partial charge is 0.507 e. The Morgan fingerprint density at radius 1 is 1.00 bits per heavy atom. The quantitative estimate of drug-likeness (QED) is 0.0921. The monoisotopic (exact) mass is 902 g/mol. The fourth-order valence-corrected chi connectivity index (χ4v) is 9.47. The second-order valence-electron chi connectivity index (χ2n) is 19.9. The Bertz CT molecular complexity index is 2410. The van der Waals surface area contributed by atoms with E-state index in [0.29, 0.717) is 42.5 Å². The molecule has 356 valence electrons. The summed E-state index contributed by atoms with van der Waals surface area (Å²) in [4.78, 5) is 67.2. The van der Waals surface area contributed by atoms with E-state index in [0.717, 1.165) is 26.7 Å². The molecule has 7 atom stereocenters. The number of carbonyl (C=O) groups excluding carboxylic acids is 4. The molecule has 2 aromatic carbocycles. The van der Waals surface area contributed by atoms with Gasteiger partial charge in [-0.2, -0.15) is 0 Å².